The lowest BCUT2D eigenvalue weighted by Gasteiger charge is -2.06. The van der Waals surface area contributed by atoms with E-state index in [9.17, 15) is 0 Å². The summed E-state index contributed by atoms with van der Waals surface area (Å²) in [6, 6.07) is 5.12. The molecule has 0 amide bonds. The van der Waals surface area contributed by atoms with Crippen molar-refractivity contribution in [3.05, 3.63) is 29.0 Å². The minimum atomic E-state index is -0.239. The van der Waals surface area contributed by atoms with Gasteiger partial charge in [0, 0.05) is 0 Å². The zero-order valence-electron chi connectivity index (χ0n) is 8.46. The van der Waals surface area contributed by atoms with E-state index in [2.05, 4.69) is 15.5 Å². The second-order valence-electron chi connectivity index (χ2n) is 2.98. The Kier molecular flexibility index (Phi) is 3.02. The van der Waals surface area contributed by atoms with E-state index in [1.807, 2.05) is 0 Å². The lowest BCUT2D eigenvalue weighted by Crippen LogP contribution is -2.03. The van der Waals surface area contributed by atoms with Crippen LogP contribution in [0.3, 0.4) is 0 Å². The van der Waals surface area contributed by atoms with E-state index >= 15 is 0 Å². The van der Waals surface area contributed by atoms with E-state index in [-0.39, 0.29) is 6.61 Å². The van der Waals surface area contributed by atoms with Gasteiger partial charge in [-0.15, -0.1) is 5.10 Å². The lowest BCUT2D eigenvalue weighted by molar-refractivity contribution is 0.268. The number of nitrogens with zero attached hydrogens (tertiary/aromatic N) is 4. The number of aliphatic hydroxyl groups excluding tert-OH is 1. The number of tetrazole rings is 1. The predicted molar refractivity (Wildman–Crippen MR) is 56.6 cm³/mol. The van der Waals surface area contributed by atoms with Gasteiger partial charge in [0.1, 0.15) is 12.4 Å². The summed E-state index contributed by atoms with van der Waals surface area (Å²) in [5, 5.41) is 20.4. The number of methoxy groups -OCH3 is 1. The number of aliphatic hydroxyl groups is 1. The van der Waals surface area contributed by atoms with Crippen LogP contribution < -0.4 is 4.74 Å². The molecule has 1 N–H and O–H groups in total. The molecule has 84 valence electrons. The third kappa shape index (κ3) is 1.84. The summed E-state index contributed by atoms with van der Waals surface area (Å²) in [6.45, 7) is -0.239. The smallest absolute Gasteiger partial charge is 0.182 e. The summed E-state index contributed by atoms with van der Waals surface area (Å²) in [5.74, 6) is 0.922. The van der Waals surface area contributed by atoms with Crippen molar-refractivity contribution in [1.29, 1.82) is 0 Å². The first-order valence-corrected chi connectivity index (χ1v) is 4.86. The van der Waals surface area contributed by atoms with Gasteiger partial charge in [0.15, 0.2) is 5.82 Å². The summed E-state index contributed by atoms with van der Waals surface area (Å²) in [7, 11) is 1.54. The fourth-order valence-corrected chi connectivity index (χ4v) is 1.54. The molecule has 2 aromatic rings. The van der Waals surface area contributed by atoms with Gasteiger partial charge in [0.25, 0.3) is 0 Å². The largest absolute Gasteiger partial charge is 0.495 e. The molecule has 0 radical (unpaired) electrons. The molecule has 7 heteroatoms. The Morgan fingerprint density at radius 1 is 1.50 bits per heavy atom. The molecule has 2 rings (SSSR count). The average Bonchev–Trinajstić information content (AvgIpc) is 2.77. The third-order valence-corrected chi connectivity index (χ3v) is 2.35. The van der Waals surface area contributed by atoms with Gasteiger partial charge < -0.3 is 9.84 Å². The molecule has 0 aliphatic heterocycles. The van der Waals surface area contributed by atoms with Crippen molar-refractivity contribution in [3.63, 3.8) is 0 Å². The molecule has 16 heavy (non-hydrogen) atoms. The SMILES string of the molecule is COc1ccc(-n2nnnc2CO)cc1Cl. The zero-order valence-corrected chi connectivity index (χ0v) is 9.22. The number of hydrogen-bond acceptors (Lipinski definition) is 5. The van der Waals surface area contributed by atoms with Gasteiger partial charge in [-0.2, -0.15) is 4.68 Å². The summed E-state index contributed by atoms with van der Waals surface area (Å²) < 4.78 is 6.44. The van der Waals surface area contributed by atoms with E-state index in [0.717, 1.165) is 0 Å². The van der Waals surface area contributed by atoms with E-state index in [1.54, 1.807) is 18.2 Å². The van der Waals surface area contributed by atoms with E-state index < -0.39 is 0 Å². The highest BCUT2D eigenvalue weighted by Gasteiger charge is 2.09. The Morgan fingerprint density at radius 2 is 2.31 bits per heavy atom. The first-order valence-electron chi connectivity index (χ1n) is 4.48. The fourth-order valence-electron chi connectivity index (χ4n) is 1.29. The molecule has 0 fully saturated rings. The molecule has 1 heterocycles. The molecule has 0 bridgehead atoms. The Bertz CT molecular complexity index is 500. The normalized spacial score (nSPS) is 10.4. The van der Waals surface area contributed by atoms with Crippen LogP contribution in [-0.4, -0.2) is 32.4 Å². The van der Waals surface area contributed by atoms with Gasteiger partial charge in [-0.05, 0) is 28.6 Å². The number of hydrogen-bond donors (Lipinski definition) is 1. The molecule has 0 aliphatic rings. The van der Waals surface area contributed by atoms with Gasteiger partial charge >= 0.3 is 0 Å². The predicted octanol–water partition coefficient (Wildman–Crippen LogP) is 0.817. The van der Waals surface area contributed by atoms with Crippen molar-refractivity contribution in [1.82, 2.24) is 20.2 Å². The van der Waals surface area contributed by atoms with Crippen LogP contribution in [0, 0.1) is 0 Å². The minimum Gasteiger partial charge on any atom is -0.495 e. The van der Waals surface area contributed by atoms with Crippen LogP contribution in [0.15, 0.2) is 18.2 Å². The Morgan fingerprint density at radius 3 is 2.94 bits per heavy atom. The number of benzene rings is 1. The van der Waals surface area contributed by atoms with Crippen molar-refractivity contribution >= 4 is 11.6 Å². The van der Waals surface area contributed by atoms with Crippen molar-refractivity contribution in [2.75, 3.05) is 7.11 Å². The Balaban J connectivity index is 2.45. The Labute approximate surface area is 96.4 Å². The van der Waals surface area contributed by atoms with Crippen molar-refractivity contribution < 1.29 is 9.84 Å². The standard InChI is InChI=1S/C9H9ClN4O2/c1-16-8-3-2-6(4-7(8)10)14-9(5-15)11-12-13-14/h2-4,15H,5H2,1H3. The number of ether oxygens (including phenoxy) is 1. The molecule has 1 aromatic carbocycles. The van der Waals surface area contributed by atoms with Gasteiger partial charge in [0.05, 0.1) is 17.8 Å². The first kappa shape index (κ1) is 10.8. The molecular weight excluding hydrogens is 232 g/mol. The highest BCUT2D eigenvalue weighted by atomic mass is 35.5. The van der Waals surface area contributed by atoms with Crippen molar-refractivity contribution in [2.24, 2.45) is 0 Å². The van der Waals surface area contributed by atoms with Crippen LogP contribution >= 0.6 is 11.6 Å². The minimum absolute atomic E-state index is 0.239. The van der Waals surface area contributed by atoms with Crippen LogP contribution in [0.5, 0.6) is 5.75 Å². The van der Waals surface area contributed by atoms with Crippen LogP contribution in [0.1, 0.15) is 5.82 Å². The maximum absolute atomic E-state index is 9.02. The molecule has 0 saturated carbocycles. The second-order valence-corrected chi connectivity index (χ2v) is 3.39. The van der Waals surface area contributed by atoms with Gasteiger partial charge in [-0.3, -0.25) is 0 Å². The summed E-state index contributed by atoms with van der Waals surface area (Å²) >= 11 is 5.97. The first-order chi connectivity index (χ1) is 7.76. The quantitative estimate of drug-likeness (QED) is 0.860. The number of aromatic nitrogens is 4. The maximum Gasteiger partial charge on any atom is 0.182 e. The summed E-state index contributed by atoms with van der Waals surface area (Å²) in [5.41, 5.74) is 0.667. The number of halogens is 1. The topological polar surface area (TPSA) is 73.1 Å². The molecular formula is C9H9ClN4O2. The maximum atomic E-state index is 9.02. The fraction of sp³-hybridized carbons (Fsp3) is 0.222. The lowest BCUT2D eigenvalue weighted by atomic mass is 10.3. The second kappa shape index (κ2) is 4.46. The van der Waals surface area contributed by atoms with Crippen LogP contribution in [0.2, 0.25) is 5.02 Å². The molecule has 0 spiro atoms. The molecule has 0 atom stereocenters. The van der Waals surface area contributed by atoms with E-state index in [1.165, 1.54) is 11.8 Å². The van der Waals surface area contributed by atoms with E-state index in [0.29, 0.717) is 22.3 Å². The highest BCUT2D eigenvalue weighted by Crippen LogP contribution is 2.26. The zero-order chi connectivity index (χ0) is 11.5. The summed E-state index contributed by atoms with van der Waals surface area (Å²) in [4.78, 5) is 0. The van der Waals surface area contributed by atoms with Crippen LogP contribution in [0.25, 0.3) is 5.69 Å². The van der Waals surface area contributed by atoms with Crippen molar-refractivity contribution in [3.8, 4) is 11.4 Å². The molecule has 0 saturated heterocycles. The average molecular weight is 241 g/mol. The molecule has 0 aliphatic carbocycles. The van der Waals surface area contributed by atoms with E-state index in [4.69, 9.17) is 21.4 Å². The van der Waals surface area contributed by atoms with Gasteiger partial charge in [-0.25, -0.2) is 0 Å². The number of rotatable bonds is 3. The van der Waals surface area contributed by atoms with Crippen LogP contribution in [0.4, 0.5) is 0 Å². The van der Waals surface area contributed by atoms with Crippen LogP contribution in [-0.2, 0) is 6.61 Å². The summed E-state index contributed by atoms with van der Waals surface area (Å²) in [6.07, 6.45) is 0. The highest BCUT2D eigenvalue weighted by molar-refractivity contribution is 6.32. The van der Waals surface area contributed by atoms with Gasteiger partial charge in [-0.1, -0.05) is 11.6 Å². The third-order valence-electron chi connectivity index (χ3n) is 2.06. The van der Waals surface area contributed by atoms with Crippen molar-refractivity contribution in [2.45, 2.75) is 6.61 Å². The molecule has 0 unspecified atom stereocenters. The van der Waals surface area contributed by atoms with Gasteiger partial charge in [0.2, 0.25) is 0 Å². The monoisotopic (exact) mass is 240 g/mol. The molecule has 1 aromatic heterocycles. The Hall–Kier alpha value is -1.66. The molecule has 6 nitrogen and oxygen atoms in total.